The van der Waals surface area contributed by atoms with E-state index in [1.54, 1.807) is 0 Å². The van der Waals surface area contributed by atoms with E-state index in [0.717, 1.165) is 35.8 Å². The highest BCUT2D eigenvalue weighted by atomic mass is 15.1. The molecule has 1 atom stereocenters. The number of rotatable bonds is 2. The summed E-state index contributed by atoms with van der Waals surface area (Å²) in [6.07, 6.45) is 2.37. The van der Waals surface area contributed by atoms with Crippen LogP contribution < -0.4 is 10.6 Å². The van der Waals surface area contributed by atoms with Gasteiger partial charge < -0.3 is 15.6 Å². The monoisotopic (exact) mass is 217 g/mol. The Hall–Kier alpha value is -1.62. The molecule has 1 aliphatic rings. The number of imidazole rings is 1. The molecule has 5 heteroatoms. The van der Waals surface area contributed by atoms with Crippen LogP contribution in [0.25, 0.3) is 11.2 Å². The zero-order chi connectivity index (χ0) is 11.0. The number of hydrogen-bond acceptors (Lipinski definition) is 4. The maximum Gasteiger partial charge on any atom is 0.179 e. The minimum absolute atomic E-state index is 0.368. The highest BCUT2D eigenvalue weighted by Gasteiger charge is 2.19. The van der Waals surface area contributed by atoms with E-state index in [9.17, 15) is 0 Å². The van der Waals surface area contributed by atoms with Crippen LogP contribution in [0.2, 0.25) is 0 Å². The largest absolute Gasteiger partial charge is 0.373 e. The van der Waals surface area contributed by atoms with Crippen molar-refractivity contribution in [1.29, 1.82) is 0 Å². The van der Waals surface area contributed by atoms with Crippen molar-refractivity contribution in [3.05, 3.63) is 18.0 Å². The summed E-state index contributed by atoms with van der Waals surface area (Å²) >= 11 is 0. The highest BCUT2D eigenvalue weighted by Crippen LogP contribution is 2.22. The maximum atomic E-state index is 4.53. The fourth-order valence-electron chi connectivity index (χ4n) is 2.13. The fraction of sp³-hybridized carbons (Fsp3) is 0.455. The van der Waals surface area contributed by atoms with E-state index in [0.29, 0.717) is 6.04 Å². The Morgan fingerprint density at radius 3 is 3.06 bits per heavy atom. The van der Waals surface area contributed by atoms with Gasteiger partial charge in [0.1, 0.15) is 11.6 Å². The molecule has 0 amide bonds. The molecule has 3 N–H and O–H groups in total. The van der Waals surface area contributed by atoms with Gasteiger partial charge in [-0.05, 0) is 31.5 Å². The van der Waals surface area contributed by atoms with Crippen LogP contribution in [0, 0.1) is 0 Å². The minimum Gasteiger partial charge on any atom is -0.373 e. The maximum absolute atomic E-state index is 4.53. The Bertz CT molecular complexity index is 498. The summed E-state index contributed by atoms with van der Waals surface area (Å²) in [4.78, 5) is 12.3. The van der Waals surface area contributed by atoms with Gasteiger partial charge in [-0.2, -0.15) is 0 Å². The summed E-state index contributed by atoms with van der Waals surface area (Å²) in [5, 5.41) is 6.44. The van der Waals surface area contributed by atoms with Gasteiger partial charge in [0.25, 0.3) is 0 Å². The first kappa shape index (κ1) is 9.59. The van der Waals surface area contributed by atoms with Crippen molar-refractivity contribution in [1.82, 2.24) is 20.3 Å². The summed E-state index contributed by atoms with van der Waals surface area (Å²) < 4.78 is 0. The van der Waals surface area contributed by atoms with Crippen LogP contribution in [0.1, 0.15) is 24.7 Å². The Morgan fingerprint density at radius 1 is 1.38 bits per heavy atom. The normalized spacial score (nSPS) is 20.4. The second kappa shape index (κ2) is 3.75. The first-order chi connectivity index (χ1) is 7.86. The second-order valence-electron chi connectivity index (χ2n) is 4.09. The van der Waals surface area contributed by atoms with Crippen LogP contribution >= 0.6 is 0 Å². The molecule has 2 aromatic heterocycles. The van der Waals surface area contributed by atoms with Gasteiger partial charge in [0, 0.05) is 7.05 Å². The highest BCUT2D eigenvalue weighted by molar-refractivity contribution is 5.72. The number of aromatic nitrogens is 3. The molecule has 3 heterocycles. The topological polar surface area (TPSA) is 65.6 Å². The summed E-state index contributed by atoms with van der Waals surface area (Å²) in [6, 6.07) is 4.33. The molecule has 0 bridgehead atoms. The van der Waals surface area contributed by atoms with Gasteiger partial charge in [-0.1, -0.05) is 0 Å². The molecule has 1 saturated heterocycles. The quantitative estimate of drug-likeness (QED) is 0.712. The van der Waals surface area contributed by atoms with Crippen molar-refractivity contribution in [3.8, 4) is 0 Å². The van der Waals surface area contributed by atoms with Crippen LogP contribution in [0.3, 0.4) is 0 Å². The number of nitrogens with zero attached hydrogens (tertiary/aromatic N) is 2. The number of fused-ring (bicyclic) bond motifs is 1. The summed E-state index contributed by atoms with van der Waals surface area (Å²) in [5.41, 5.74) is 1.79. The average Bonchev–Trinajstić information content (AvgIpc) is 2.96. The lowest BCUT2D eigenvalue weighted by molar-refractivity contribution is 0.614. The zero-order valence-corrected chi connectivity index (χ0v) is 9.25. The van der Waals surface area contributed by atoms with Crippen LogP contribution in [0.15, 0.2) is 12.1 Å². The molecule has 1 fully saturated rings. The van der Waals surface area contributed by atoms with Gasteiger partial charge in [-0.25, -0.2) is 9.97 Å². The number of pyridine rings is 1. The van der Waals surface area contributed by atoms with E-state index < -0.39 is 0 Å². The molecule has 2 aromatic rings. The van der Waals surface area contributed by atoms with Crippen molar-refractivity contribution < 1.29 is 0 Å². The van der Waals surface area contributed by atoms with E-state index >= 15 is 0 Å². The number of nitrogens with one attached hydrogen (secondary N) is 3. The van der Waals surface area contributed by atoms with Crippen molar-refractivity contribution in [3.63, 3.8) is 0 Å². The SMILES string of the molecule is CNc1ccc2[nH]c(C3CCCN3)nc2n1. The first-order valence-electron chi connectivity index (χ1n) is 5.64. The lowest BCUT2D eigenvalue weighted by atomic mass is 10.2. The van der Waals surface area contributed by atoms with Crippen LogP contribution in [-0.2, 0) is 0 Å². The van der Waals surface area contributed by atoms with Gasteiger partial charge in [0.05, 0.1) is 11.6 Å². The number of hydrogen-bond donors (Lipinski definition) is 3. The molecule has 5 nitrogen and oxygen atoms in total. The lowest BCUT2D eigenvalue weighted by Gasteiger charge is -2.04. The molecule has 0 aliphatic carbocycles. The van der Waals surface area contributed by atoms with Crippen LogP contribution in [0.5, 0.6) is 0 Å². The zero-order valence-electron chi connectivity index (χ0n) is 9.25. The molecule has 1 aliphatic heterocycles. The van der Waals surface area contributed by atoms with E-state index in [-0.39, 0.29) is 0 Å². The van der Waals surface area contributed by atoms with Crippen molar-refractivity contribution >= 4 is 17.0 Å². The van der Waals surface area contributed by atoms with Gasteiger partial charge >= 0.3 is 0 Å². The molecular formula is C11H15N5. The van der Waals surface area contributed by atoms with Crippen LogP contribution in [0.4, 0.5) is 5.82 Å². The van der Waals surface area contributed by atoms with E-state index in [2.05, 4.69) is 25.6 Å². The number of H-pyrrole nitrogens is 1. The predicted molar refractivity (Wildman–Crippen MR) is 63.4 cm³/mol. The Kier molecular flexibility index (Phi) is 2.25. The number of anilines is 1. The fourth-order valence-corrected chi connectivity index (χ4v) is 2.13. The third-order valence-electron chi connectivity index (χ3n) is 3.01. The molecule has 0 saturated carbocycles. The van der Waals surface area contributed by atoms with E-state index in [4.69, 9.17) is 0 Å². The first-order valence-corrected chi connectivity index (χ1v) is 5.64. The number of aromatic amines is 1. The summed E-state index contributed by atoms with van der Waals surface area (Å²) in [6.45, 7) is 1.08. The summed E-state index contributed by atoms with van der Waals surface area (Å²) in [7, 11) is 1.86. The molecule has 1 unspecified atom stereocenters. The smallest absolute Gasteiger partial charge is 0.179 e. The lowest BCUT2D eigenvalue weighted by Crippen LogP contribution is -2.14. The van der Waals surface area contributed by atoms with Crippen molar-refractivity contribution in [2.75, 3.05) is 18.9 Å². The van der Waals surface area contributed by atoms with Crippen molar-refractivity contribution in [2.45, 2.75) is 18.9 Å². The molecule has 16 heavy (non-hydrogen) atoms. The molecule has 0 radical (unpaired) electrons. The molecule has 0 spiro atoms. The molecule has 0 aromatic carbocycles. The Balaban J connectivity index is 2.01. The van der Waals surface area contributed by atoms with Gasteiger partial charge in [0.2, 0.25) is 0 Å². The average molecular weight is 217 g/mol. The Morgan fingerprint density at radius 2 is 2.31 bits per heavy atom. The predicted octanol–water partition coefficient (Wildman–Crippen LogP) is 1.42. The molecular weight excluding hydrogens is 202 g/mol. The second-order valence-corrected chi connectivity index (χ2v) is 4.09. The Labute approximate surface area is 93.7 Å². The third kappa shape index (κ3) is 1.53. The molecule has 3 rings (SSSR count). The minimum atomic E-state index is 0.368. The standard InChI is InChI=1S/C11H15N5/c1-12-9-5-4-8-11(15-9)16-10(14-8)7-3-2-6-13-7/h4-5,7,13H,2-3,6H2,1H3,(H2,12,14,15,16). The molecule has 84 valence electrons. The van der Waals surface area contributed by atoms with E-state index in [1.807, 2.05) is 19.2 Å². The van der Waals surface area contributed by atoms with Gasteiger partial charge in [-0.3, -0.25) is 0 Å². The van der Waals surface area contributed by atoms with E-state index in [1.165, 1.54) is 6.42 Å². The van der Waals surface area contributed by atoms with Crippen LogP contribution in [-0.4, -0.2) is 28.5 Å². The van der Waals surface area contributed by atoms with Gasteiger partial charge in [0.15, 0.2) is 5.65 Å². The van der Waals surface area contributed by atoms with Gasteiger partial charge in [-0.15, -0.1) is 0 Å². The van der Waals surface area contributed by atoms with Crippen molar-refractivity contribution in [2.24, 2.45) is 0 Å². The third-order valence-corrected chi connectivity index (χ3v) is 3.01. The summed E-state index contributed by atoms with van der Waals surface area (Å²) in [5.74, 6) is 1.86.